The van der Waals surface area contributed by atoms with Crippen LogP contribution in [-0.4, -0.2) is 32.8 Å². The number of rotatable bonds is 2. The molecule has 1 fully saturated rings. The molecule has 0 aromatic carbocycles. The highest BCUT2D eigenvalue weighted by Crippen LogP contribution is 2.31. The molecule has 2 aromatic heterocycles. The van der Waals surface area contributed by atoms with E-state index >= 15 is 0 Å². The molecule has 0 spiro atoms. The van der Waals surface area contributed by atoms with Crippen LogP contribution in [0, 0.1) is 0 Å². The Labute approximate surface area is 132 Å². The monoisotopic (exact) mass is 347 g/mol. The van der Waals surface area contributed by atoms with Crippen LogP contribution >= 0.6 is 15.9 Å². The fraction of sp³-hybridized carbons (Fsp3) is 0.533. The Morgan fingerprint density at radius 2 is 2.10 bits per heavy atom. The summed E-state index contributed by atoms with van der Waals surface area (Å²) in [4.78, 5) is 6.70. The van der Waals surface area contributed by atoms with Crippen molar-refractivity contribution in [1.29, 1.82) is 0 Å². The molecule has 0 bridgehead atoms. The van der Waals surface area contributed by atoms with Crippen LogP contribution in [0.3, 0.4) is 0 Å². The first kappa shape index (κ1) is 13.2. The van der Waals surface area contributed by atoms with Crippen molar-refractivity contribution in [3.63, 3.8) is 0 Å². The van der Waals surface area contributed by atoms with E-state index in [1.165, 1.54) is 36.6 Å². The molecule has 6 heteroatoms. The van der Waals surface area contributed by atoms with E-state index in [-0.39, 0.29) is 0 Å². The van der Waals surface area contributed by atoms with E-state index in [1.807, 2.05) is 12.4 Å². The molecule has 110 valence electrons. The lowest BCUT2D eigenvalue weighted by Crippen LogP contribution is -2.35. The van der Waals surface area contributed by atoms with Gasteiger partial charge in [0.2, 0.25) is 0 Å². The number of pyridine rings is 1. The van der Waals surface area contributed by atoms with Crippen molar-refractivity contribution < 1.29 is 0 Å². The number of fused-ring (bicyclic) bond motifs is 1. The van der Waals surface area contributed by atoms with Gasteiger partial charge in [-0.2, -0.15) is 0 Å². The summed E-state index contributed by atoms with van der Waals surface area (Å²) >= 11 is 3.51. The number of aromatic nitrogens is 4. The van der Waals surface area contributed by atoms with Crippen molar-refractivity contribution in [1.82, 2.24) is 19.7 Å². The summed E-state index contributed by atoms with van der Waals surface area (Å²) in [5.74, 6) is 2.85. The van der Waals surface area contributed by atoms with E-state index < -0.39 is 0 Å². The van der Waals surface area contributed by atoms with E-state index in [2.05, 4.69) is 46.6 Å². The Kier molecular flexibility index (Phi) is 3.41. The summed E-state index contributed by atoms with van der Waals surface area (Å²) in [6.07, 6.45) is 8.47. The van der Waals surface area contributed by atoms with Crippen LogP contribution in [0.15, 0.2) is 22.9 Å². The van der Waals surface area contributed by atoms with Gasteiger partial charge in [0.15, 0.2) is 0 Å². The smallest absolute Gasteiger partial charge is 0.137 e. The lowest BCUT2D eigenvalue weighted by Gasteiger charge is -2.33. The molecular weight excluding hydrogens is 330 g/mol. The standard InChI is InChI=1S/C15H18BrN5/c16-12-7-13(9-17-8-12)20-5-1-3-11(10-20)15-19-18-14-4-2-6-21(14)15/h7-9,11H,1-6,10H2. The number of piperidine rings is 1. The molecule has 2 aromatic rings. The van der Waals surface area contributed by atoms with E-state index in [0.29, 0.717) is 5.92 Å². The highest BCUT2D eigenvalue weighted by atomic mass is 79.9. The average molecular weight is 348 g/mol. The van der Waals surface area contributed by atoms with Crippen molar-refractivity contribution in [2.75, 3.05) is 18.0 Å². The maximum absolute atomic E-state index is 4.47. The van der Waals surface area contributed by atoms with E-state index in [1.54, 1.807) is 0 Å². The van der Waals surface area contributed by atoms with Crippen molar-refractivity contribution in [3.05, 3.63) is 34.6 Å². The normalized spacial score (nSPS) is 21.6. The van der Waals surface area contributed by atoms with Gasteiger partial charge in [0.05, 0.1) is 11.9 Å². The molecule has 5 nitrogen and oxygen atoms in total. The predicted molar refractivity (Wildman–Crippen MR) is 84.5 cm³/mol. The third kappa shape index (κ3) is 2.46. The minimum absolute atomic E-state index is 0.483. The van der Waals surface area contributed by atoms with Gasteiger partial charge in [-0.1, -0.05) is 0 Å². The second-order valence-electron chi connectivity index (χ2n) is 5.88. The quantitative estimate of drug-likeness (QED) is 0.837. The van der Waals surface area contributed by atoms with Crippen LogP contribution in [0.25, 0.3) is 0 Å². The summed E-state index contributed by atoms with van der Waals surface area (Å²) in [5.41, 5.74) is 1.19. The van der Waals surface area contributed by atoms with Crippen molar-refractivity contribution in [3.8, 4) is 0 Å². The van der Waals surface area contributed by atoms with Crippen LogP contribution < -0.4 is 4.90 Å². The first-order valence-corrected chi connectivity index (χ1v) is 8.38. The first-order chi connectivity index (χ1) is 10.3. The van der Waals surface area contributed by atoms with Crippen molar-refractivity contribution >= 4 is 21.6 Å². The van der Waals surface area contributed by atoms with Crippen LogP contribution in [0.1, 0.15) is 36.8 Å². The fourth-order valence-corrected chi connectivity index (χ4v) is 3.82. The van der Waals surface area contributed by atoms with Crippen LogP contribution in [0.2, 0.25) is 0 Å². The third-order valence-electron chi connectivity index (χ3n) is 4.48. The number of nitrogens with zero attached hydrogens (tertiary/aromatic N) is 5. The van der Waals surface area contributed by atoms with Gasteiger partial charge >= 0.3 is 0 Å². The van der Waals surface area contributed by atoms with Crippen molar-refractivity contribution in [2.45, 2.75) is 38.1 Å². The van der Waals surface area contributed by atoms with Gasteiger partial charge in [-0.05, 0) is 41.3 Å². The van der Waals surface area contributed by atoms with Crippen LogP contribution in [-0.2, 0) is 13.0 Å². The zero-order valence-corrected chi connectivity index (χ0v) is 13.5. The Morgan fingerprint density at radius 1 is 1.14 bits per heavy atom. The summed E-state index contributed by atoms with van der Waals surface area (Å²) in [7, 11) is 0. The topological polar surface area (TPSA) is 46.8 Å². The zero-order chi connectivity index (χ0) is 14.2. The van der Waals surface area contributed by atoms with Gasteiger partial charge in [0.25, 0.3) is 0 Å². The first-order valence-electron chi connectivity index (χ1n) is 7.59. The van der Waals surface area contributed by atoms with Crippen molar-refractivity contribution in [2.24, 2.45) is 0 Å². The van der Waals surface area contributed by atoms with Crippen LogP contribution in [0.5, 0.6) is 0 Å². The Hall–Kier alpha value is -1.43. The van der Waals surface area contributed by atoms with E-state index in [4.69, 9.17) is 0 Å². The molecule has 0 N–H and O–H groups in total. The highest BCUT2D eigenvalue weighted by Gasteiger charge is 2.28. The fourth-order valence-electron chi connectivity index (χ4n) is 3.47. The van der Waals surface area contributed by atoms with Crippen LogP contribution in [0.4, 0.5) is 5.69 Å². The minimum atomic E-state index is 0.483. The predicted octanol–water partition coefficient (Wildman–Crippen LogP) is 2.77. The number of anilines is 1. The summed E-state index contributed by atoms with van der Waals surface area (Å²) < 4.78 is 3.37. The molecule has 21 heavy (non-hydrogen) atoms. The molecule has 1 unspecified atom stereocenters. The second kappa shape index (κ2) is 5.40. The lowest BCUT2D eigenvalue weighted by molar-refractivity contribution is 0.473. The minimum Gasteiger partial charge on any atom is -0.370 e. The van der Waals surface area contributed by atoms with Gasteiger partial charge in [-0.3, -0.25) is 4.98 Å². The van der Waals surface area contributed by atoms with Gasteiger partial charge < -0.3 is 9.47 Å². The van der Waals surface area contributed by atoms with E-state index in [0.717, 1.165) is 30.5 Å². The summed E-state index contributed by atoms with van der Waals surface area (Å²) in [6, 6.07) is 2.14. The SMILES string of the molecule is Brc1cncc(N2CCCC(c3nnc4n3CCC4)C2)c1. The molecule has 0 amide bonds. The third-order valence-corrected chi connectivity index (χ3v) is 4.91. The Balaban J connectivity index is 1.58. The van der Waals surface area contributed by atoms with Gasteiger partial charge in [0.1, 0.15) is 11.6 Å². The van der Waals surface area contributed by atoms with Gasteiger partial charge in [-0.25, -0.2) is 0 Å². The summed E-state index contributed by atoms with van der Waals surface area (Å²) in [5, 5.41) is 8.83. The largest absolute Gasteiger partial charge is 0.370 e. The lowest BCUT2D eigenvalue weighted by atomic mass is 9.97. The number of halogens is 1. The van der Waals surface area contributed by atoms with Gasteiger partial charge in [-0.15, -0.1) is 10.2 Å². The maximum Gasteiger partial charge on any atom is 0.137 e. The Morgan fingerprint density at radius 3 is 3.00 bits per heavy atom. The zero-order valence-electron chi connectivity index (χ0n) is 11.9. The number of aryl methyl sites for hydroxylation is 1. The molecular formula is C15H18BrN5. The Bertz CT molecular complexity index is 653. The molecule has 0 aliphatic carbocycles. The maximum atomic E-state index is 4.47. The molecule has 1 saturated heterocycles. The molecule has 2 aliphatic rings. The number of hydrogen-bond donors (Lipinski definition) is 0. The molecule has 1 atom stereocenters. The molecule has 0 saturated carbocycles. The summed E-state index contributed by atoms with van der Waals surface area (Å²) in [6.45, 7) is 3.19. The molecule has 4 heterocycles. The highest BCUT2D eigenvalue weighted by molar-refractivity contribution is 9.10. The molecule has 0 radical (unpaired) electrons. The molecule has 2 aliphatic heterocycles. The average Bonchev–Trinajstić information content (AvgIpc) is 3.10. The second-order valence-corrected chi connectivity index (χ2v) is 6.79. The number of hydrogen-bond acceptors (Lipinski definition) is 4. The molecule has 4 rings (SSSR count). The van der Waals surface area contributed by atoms with Gasteiger partial charge in [0, 0.05) is 42.6 Å². The van der Waals surface area contributed by atoms with E-state index in [9.17, 15) is 0 Å².